The number of aryl methyl sites for hydroxylation is 2. The van der Waals surface area contributed by atoms with Crippen LogP contribution in [0.4, 0.5) is 5.82 Å². The SMILES string of the molecule is [B]C(C)(C)COCC(C)(C)CC(=O)NC(CCCCCC(=O)O)CCc1ccc(C)c(NCCC)n1. The number of nitrogens with zero attached hydrogens (tertiary/aromatic N) is 1. The molecule has 3 N–H and O–H groups in total. The minimum Gasteiger partial charge on any atom is -0.481 e. The third-order valence-electron chi connectivity index (χ3n) is 5.86. The Labute approximate surface area is 220 Å². The van der Waals surface area contributed by atoms with Crippen LogP contribution in [0.15, 0.2) is 12.1 Å². The van der Waals surface area contributed by atoms with Crippen LogP contribution in [0.3, 0.4) is 0 Å². The number of amides is 1. The van der Waals surface area contributed by atoms with E-state index in [1.54, 1.807) is 0 Å². The molecule has 1 rings (SSSR count). The van der Waals surface area contributed by atoms with Gasteiger partial charge in [-0.25, -0.2) is 4.98 Å². The second kappa shape index (κ2) is 15.9. The fourth-order valence-electron chi connectivity index (χ4n) is 3.94. The van der Waals surface area contributed by atoms with Crippen molar-refractivity contribution in [3.8, 4) is 0 Å². The lowest BCUT2D eigenvalue weighted by molar-refractivity contribution is -0.137. The Balaban J connectivity index is 2.71. The number of aromatic nitrogens is 1. The number of hydrogen-bond acceptors (Lipinski definition) is 5. The summed E-state index contributed by atoms with van der Waals surface area (Å²) in [5.41, 5.74) is 1.82. The number of aliphatic carboxylic acids is 1. The summed E-state index contributed by atoms with van der Waals surface area (Å²) in [5.74, 6) is 0.166. The quantitative estimate of drug-likeness (QED) is 0.172. The monoisotopic (exact) mass is 501 g/mol. The summed E-state index contributed by atoms with van der Waals surface area (Å²) in [6.45, 7) is 13.8. The first-order valence-corrected chi connectivity index (χ1v) is 13.4. The molecule has 0 aliphatic carbocycles. The van der Waals surface area contributed by atoms with Gasteiger partial charge in [-0.05, 0) is 61.4 Å². The van der Waals surface area contributed by atoms with E-state index in [2.05, 4.69) is 36.6 Å². The van der Waals surface area contributed by atoms with Gasteiger partial charge in [0.2, 0.25) is 5.91 Å². The van der Waals surface area contributed by atoms with Crippen molar-refractivity contribution in [3.63, 3.8) is 0 Å². The van der Waals surface area contributed by atoms with Crippen LogP contribution in [0.2, 0.25) is 5.31 Å². The Morgan fingerprint density at radius 3 is 2.47 bits per heavy atom. The largest absolute Gasteiger partial charge is 0.481 e. The molecule has 7 nitrogen and oxygen atoms in total. The lowest BCUT2D eigenvalue weighted by Crippen LogP contribution is -2.38. The van der Waals surface area contributed by atoms with Crippen LogP contribution in [-0.2, 0) is 20.7 Å². The molecule has 0 spiro atoms. The molecule has 0 aromatic carbocycles. The van der Waals surface area contributed by atoms with Crippen molar-refractivity contribution in [3.05, 3.63) is 23.4 Å². The zero-order chi connectivity index (χ0) is 27.2. The van der Waals surface area contributed by atoms with Crippen molar-refractivity contribution in [1.29, 1.82) is 0 Å². The summed E-state index contributed by atoms with van der Waals surface area (Å²) in [7, 11) is 5.99. The fraction of sp³-hybridized carbons (Fsp3) is 0.750. The van der Waals surface area contributed by atoms with Crippen molar-refractivity contribution in [2.75, 3.05) is 25.1 Å². The van der Waals surface area contributed by atoms with Gasteiger partial charge in [-0.15, -0.1) is 0 Å². The molecule has 0 fully saturated rings. The molecule has 2 radical (unpaired) electrons. The number of carboxylic acids is 1. The predicted molar refractivity (Wildman–Crippen MR) is 148 cm³/mol. The summed E-state index contributed by atoms with van der Waals surface area (Å²) in [5, 5.41) is 15.1. The number of nitrogens with one attached hydrogen (secondary N) is 2. The van der Waals surface area contributed by atoms with Gasteiger partial charge in [0, 0.05) is 37.7 Å². The van der Waals surface area contributed by atoms with E-state index in [0.717, 1.165) is 62.1 Å². The lowest BCUT2D eigenvalue weighted by atomic mass is 9.73. The summed E-state index contributed by atoms with van der Waals surface area (Å²) < 4.78 is 5.77. The number of pyridine rings is 1. The van der Waals surface area contributed by atoms with Gasteiger partial charge in [0.15, 0.2) is 0 Å². The lowest BCUT2D eigenvalue weighted by Gasteiger charge is -2.28. The maximum absolute atomic E-state index is 12.9. The van der Waals surface area contributed by atoms with E-state index in [1.807, 2.05) is 27.7 Å². The van der Waals surface area contributed by atoms with Gasteiger partial charge >= 0.3 is 5.97 Å². The molecule has 0 aliphatic heterocycles. The van der Waals surface area contributed by atoms with Crippen molar-refractivity contribution in [2.24, 2.45) is 5.41 Å². The highest BCUT2D eigenvalue weighted by Crippen LogP contribution is 2.24. The normalized spacial score (nSPS) is 12.8. The number of anilines is 1. The zero-order valence-corrected chi connectivity index (χ0v) is 23.4. The molecule has 0 saturated carbocycles. The van der Waals surface area contributed by atoms with Crippen molar-refractivity contribution >= 4 is 25.5 Å². The van der Waals surface area contributed by atoms with E-state index in [4.69, 9.17) is 22.7 Å². The fourth-order valence-corrected chi connectivity index (χ4v) is 3.94. The number of carbonyl (C=O) groups excluding carboxylic acids is 1. The first-order chi connectivity index (χ1) is 16.8. The number of ether oxygens (including phenoxy) is 1. The van der Waals surface area contributed by atoms with Gasteiger partial charge in [-0.2, -0.15) is 0 Å². The van der Waals surface area contributed by atoms with Crippen LogP contribution in [0.1, 0.15) is 97.2 Å². The Morgan fingerprint density at radius 1 is 1.11 bits per heavy atom. The van der Waals surface area contributed by atoms with Crippen LogP contribution >= 0.6 is 0 Å². The third kappa shape index (κ3) is 15.1. The highest BCUT2D eigenvalue weighted by molar-refractivity contribution is 6.14. The van der Waals surface area contributed by atoms with Gasteiger partial charge in [0.25, 0.3) is 0 Å². The summed E-state index contributed by atoms with van der Waals surface area (Å²) >= 11 is 0. The van der Waals surface area contributed by atoms with E-state index in [1.165, 1.54) is 0 Å². The van der Waals surface area contributed by atoms with Gasteiger partial charge in [-0.1, -0.05) is 53.5 Å². The van der Waals surface area contributed by atoms with Crippen LogP contribution in [0.25, 0.3) is 0 Å². The topological polar surface area (TPSA) is 101 Å². The highest BCUT2D eigenvalue weighted by Gasteiger charge is 2.25. The molecule has 0 saturated heterocycles. The number of rotatable bonds is 19. The minimum atomic E-state index is -0.764. The van der Waals surface area contributed by atoms with E-state index < -0.39 is 11.3 Å². The molecule has 0 aliphatic rings. The second-order valence-electron chi connectivity index (χ2n) is 11.5. The smallest absolute Gasteiger partial charge is 0.303 e. The molecule has 202 valence electrons. The van der Waals surface area contributed by atoms with Gasteiger partial charge in [0.05, 0.1) is 14.5 Å². The maximum Gasteiger partial charge on any atom is 0.303 e. The maximum atomic E-state index is 12.9. The Kier molecular flexibility index (Phi) is 14.1. The predicted octanol–water partition coefficient (Wildman–Crippen LogP) is 5.46. The first-order valence-electron chi connectivity index (χ1n) is 13.4. The number of unbranched alkanes of at least 4 members (excludes halogenated alkanes) is 2. The van der Waals surface area contributed by atoms with Gasteiger partial charge in [-0.3, -0.25) is 9.59 Å². The number of carboxylic acid groups (broad SMARTS) is 1. The average Bonchev–Trinajstić information content (AvgIpc) is 2.75. The molecule has 1 atom stereocenters. The summed E-state index contributed by atoms with van der Waals surface area (Å²) in [6.07, 6.45) is 6.31. The molecular weight excluding hydrogens is 453 g/mol. The molecule has 1 amide bonds. The molecule has 1 unspecified atom stereocenters. The van der Waals surface area contributed by atoms with E-state index >= 15 is 0 Å². The van der Waals surface area contributed by atoms with Crippen molar-refractivity contribution in [2.45, 2.75) is 111 Å². The van der Waals surface area contributed by atoms with Crippen LogP contribution in [0.5, 0.6) is 0 Å². The Hall–Kier alpha value is -2.09. The molecule has 0 bridgehead atoms. The molecule has 36 heavy (non-hydrogen) atoms. The third-order valence-corrected chi connectivity index (χ3v) is 5.86. The van der Waals surface area contributed by atoms with Gasteiger partial charge in [0.1, 0.15) is 5.82 Å². The molecule has 1 heterocycles. The average molecular weight is 502 g/mol. The van der Waals surface area contributed by atoms with Crippen molar-refractivity contribution in [1.82, 2.24) is 10.3 Å². The number of carbonyl (C=O) groups is 2. The molecule has 1 aromatic heterocycles. The van der Waals surface area contributed by atoms with E-state index in [-0.39, 0.29) is 23.8 Å². The van der Waals surface area contributed by atoms with Crippen LogP contribution in [-0.4, -0.2) is 55.6 Å². The van der Waals surface area contributed by atoms with Crippen LogP contribution in [0, 0.1) is 12.3 Å². The van der Waals surface area contributed by atoms with Gasteiger partial charge < -0.3 is 20.5 Å². The van der Waals surface area contributed by atoms with Crippen LogP contribution < -0.4 is 10.6 Å². The minimum absolute atomic E-state index is 0.00770. The number of hydrogen-bond donors (Lipinski definition) is 3. The second-order valence-corrected chi connectivity index (χ2v) is 11.5. The summed E-state index contributed by atoms with van der Waals surface area (Å²) in [6, 6.07) is 4.15. The summed E-state index contributed by atoms with van der Waals surface area (Å²) in [4.78, 5) is 28.5. The standard InChI is InChI=1S/C28H48BN3O4/c1-7-17-30-26-21(2)13-14-23(32-26)16-15-22(11-9-8-10-12-25(34)35)31-24(33)18-27(3,4)19-36-20-28(5,6)29/h13-14,22H,7-12,15-20H2,1-6H3,(H,30,32)(H,31,33)(H,34,35). The zero-order valence-electron chi connectivity index (χ0n) is 23.4. The van der Waals surface area contributed by atoms with E-state index in [0.29, 0.717) is 26.1 Å². The Morgan fingerprint density at radius 2 is 1.83 bits per heavy atom. The molecule has 8 heteroatoms. The molecule has 1 aromatic rings. The highest BCUT2D eigenvalue weighted by atomic mass is 16.5. The Bertz CT molecular complexity index is 808. The van der Waals surface area contributed by atoms with Crippen molar-refractivity contribution < 1.29 is 19.4 Å². The first kappa shape index (κ1) is 31.9. The van der Waals surface area contributed by atoms with E-state index in [9.17, 15) is 9.59 Å². The molecular formula is C28H48BN3O4.